The van der Waals surface area contributed by atoms with Crippen molar-refractivity contribution in [3.8, 4) is 0 Å². The molecule has 0 aliphatic heterocycles. The summed E-state index contributed by atoms with van der Waals surface area (Å²) in [6.07, 6.45) is 5.99. The Kier molecular flexibility index (Phi) is 6.14. The summed E-state index contributed by atoms with van der Waals surface area (Å²) in [6, 6.07) is 4.82. The summed E-state index contributed by atoms with van der Waals surface area (Å²) in [5.41, 5.74) is 0.682. The van der Waals surface area contributed by atoms with Gasteiger partial charge in [0.2, 0.25) is 10.0 Å². The van der Waals surface area contributed by atoms with Gasteiger partial charge in [0.05, 0.1) is 11.5 Å². The lowest BCUT2D eigenvalue weighted by molar-refractivity contribution is 0.281. The number of nitrogens with one attached hydrogen (secondary N) is 1. The molecule has 21 heavy (non-hydrogen) atoms. The van der Waals surface area contributed by atoms with Gasteiger partial charge < -0.3 is 5.11 Å². The monoisotopic (exact) mass is 393 g/mol. The highest BCUT2D eigenvalue weighted by Crippen LogP contribution is 2.29. The van der Waals surface area contributed by atoms with Crippen molar-refractivity contribution >= 4 is 37.7 Å². The molecule has 0 bridgehead atoms. The molecule has 1 saturated carbocycles. The number of halogens is 1. The lowest BCUT2D eigenvalue weighted by Crippen LogP contribution is -2.38. The van der Waals surface area contributed by atoms with E-state index in [2.05, 4.69) is 26.9 Å². The summed E-state index contributed by atoms with van der Waals surface area (Å²) in [5, 5.41) is 9.73. The molecule has 0 aromatic heterocycles. The zero-order valence-electron chi connectivity index (χ0n) is 11.9. The standard InChI is InChI=1S/C14H20BrNO3S2/c1-20-12-5-3-11(4-6-12)16-21(18,19)14-7-2-10(9-17)8-13(14)15/h2,7-8,11-12,16-17H,3-6,9H2,1H3. The normalized spacial score (nSPS) is 23.2. The third kappa shape index (κ3) is 4.45. The molecular weight excluding hydrogens is 374 g/mol. The summed E-state index contributed by atoms with van der Waals surface area (Å²) in [5.74, 6) is 0. The summed E-state index contributed by atoms with van der Waals surface area (Å²) in [7, 11) is -3.53. The van der Waals surface area contributed by atoms with E-state index in [1.807, 2.05) is 11.8 Å². The number of benzene rings is 1. The van der Waals surface area contributed by atoms with Crippen molar-refractivity contribution in [2.24, 2.45) is 0 Å². The third-order valence-corrected chi connectivity index (χ3v) is 7.43. The molecule has 0 amide bonds. The van der Waals surface area contributed by atoms with Crippen LogP contribution in [0.1, 0.15) is 31.2 Å². The fraction of sp³-hybridized carbons (Fsp3) is 0.571. The third-order valence-electron chi connectivity index (χ3n) is 3.80. The number of hydrogen-bond donors (Lipinski definition) is 2. The van der Waals surface area contributed by atoms with E-state index in [0.29, 0.717) is 15.3 Å². The van der Waals surface area contributed by atoms with Crippen LogP contribution in [0.5, 0.6) is 0 Å². The predicted molar refractivity (Wildman–Crippen MR) is 89.9 cm³/mol. The van der Waals surface area contributed by atoms with Gasteiger partial charge >= 0.3 is 0 Å². The molecule has 2 N–H and O–H groups in total. The average molecular weight is 394 g/mol. The van der Waals surface area contributed by atoms with Crippen LogP contribution in [0.15, 0.2) is 27.6 Å². The van der Waals surface area contributed by atoms with Crippen molar-refractivity contribution in [1.82, 2.24) is 4.72 Å². The molecule has 1 aliphatic rings. The Labute approximate surface area is 138 Å². The fourth-order valence-corrected chi connectivity index (χ4v) is 5.73. The van der Waals surface area contributed by atoms with Crippen LogP contribution in [-0.2, 0) is 16.6 Å². The van der Waals surface area contributed by atoms with Gasteiger partial charge in [-0.3, -0.25) is 0 Å². The highest BCUT2D eigenvalue weighted by atomic mass is 79.9. The molecule has 0 saturated heterocycles. The molecule has 118 valence electrons. The van der Waals surface area contributed by atoms with Gasteiger partial charge in [0.25, 0.3) is 0 Å². The molecule has 1 aromatic carbocycles. The van der Waals surface area contributed by atoms with Crippen LogP contribution in [0.25, 0.3) is 0 Å². The topological polar surface area (TPSA) is 66.4 Å². The number of sulfonamides is 1. The SMILES string of the molecule is CSC1CCC(NS(=O)(=O)c2ccc(CO)cc2Br)CC1. The molecule has 0 unspecified atom stereocenters. The van der Waals surface area contributed by atoms with Crippen LogP contribution in [0.4, 0.5) is 0 Å². The fourth-order valence-electron chi connectivity index (χ4n) is 2.56. The van der Waals surface area contributed by atoms with Gasteiger partial charge in [-0.1, -0.05) is 6.07 Å². The van der Waals surface area contributed by atoms with E-state index in [-0.39, 0.29) is 17.5 Å². The van der Waals surface area contributed by atoms with Crippen LogP contribution >= 0.6 is 27.7 Å². The first-order chi connectivity index (χ1) is 9.96. The van der Waals surface area contributed by atoms with E-state index in [1.165, 1.54) is 6.07 Å². The van der Waals surface area contributed by atoms with Gasteiger partial charge in [-0.05, 0) is 65.6 Å². The summed E-state index contributed by atoms with van der Waals surface area (Å²) in [4.78, 5) is 0.228. The number of aliphatic hydroxyl groups is 1. The van der Waals surface area contributed by atoms with Gasteiger partial charge in [-0.2, -0.15) is 11.8 Å². The maximum absolute atomic E-state index is 12.5. The Balaban J connectivity index is 2.08. The minimum Gasteiger partial charge on any atom is -0.392 e. The highest BCUT2D eigenvalue weighted by Gasteiger charge is 2.26. The molecule has 4 nitrogen and oxygen atoms in total. The first-order valence-corrected chi connectivity index (χ1v) is 10.5. The first-order valence-electron chi connectivity index (χ1n) is 6.90. The predicted octanol–water partition coefficient (Wildman–Crippen LogP) is 2.89. The second-order valence-corrected chi connectivity index (χ2v) is 8.93. The van der Waals surface area contributed by atoms with E-state index in [1.54, 1.807) is 12.1 Å². The largest absolute Gasteiger partial charge is 0.392 e. The molecule has 0 spiro atoms. The Hall–Kier alpha value is -0.0800. The van der Waals surface area contributed by atoms with Crippen molar-refractivity contribution in [2.75, 3.05) is 6.26 Å². The molecular formula is C14H20BrNO3S2. The minimum absolute atomic E-state index is 0.0165. The van der Waals surface area contributed by atoms with Crippen LogP contribution in [0.2, 0.25) is 0 Å². The van der Waals surface area contributed by atoms with E-state index < -0.39 is 10.0 Å². The van der Waals surface area contributed by atoms with Gasteiger partial charge in [0, 0.05) is 15.8 Å². The van der Waals surface area contributed by atoms with E-state index in [9.17, 15) is 8.42 Å². The van der Waals surface area contributed by atoms with E-state index >= 15 is 0 Å². The summed E-state index contributed by atoms with van der Waals surface area (Å²) in [6.45, 7) is -0.106. The zero-order valence-corrected chi connectivity index (χ0v) is 15.1. The van der Waals surface area contributed by atoms with Crippen LogP contribution in [0.3, 0.4) is 0 Å². The van der Waals surface area contributed by atoms with Gasteiger partial charge in [0.15, 0.2) is 0 Å². The molecule has 1 aliphatic carbocycles. The number of rotatable bonds is 5. The quantitative estimate of drug-likeness (QED) is 0.806. The lowest BCUT2D eigenvalue weighted by atomic mass is 9.96. The summed E-state index contributed by atoms with van der Waals surface area (Å²) >= 11 is 5.14. The molecule has 7 heteroatoms. The molecule has 1 aromatic rings. The van der Waals surface area contributed by atoms with E-state index in [4.69, 9.17) is 5.11 Å². The average Bonchev–Trinajstić information content (AvgIpc) is 2.47. The molecule has 2 rings (SSSR count). The Morgan fingerprint density at radius 1 is 1.33 bits per heavy atom. The molecule has 0 atom stereocenters. The molecule has 1 fully saturated rings. The Bertz CT molecular complexity index is 584. The first kappa shape index (κ1) is 17.3. The van der Waals surface area contributed by atoms with Crippen LogP contribution < -0.4 is 4.72 Å². The minimum atomic E-state index is -3.53. The molecule has 0 heterocycles. The van der Waals surface area contributed by atoms with Crippen LogP contribution in [-0.4, -0.2) is 31.1 Å². The molecule has 0 radical (unpaired) electrons. The van der Waals surface area contributed by atoms with Crippen molar-refractivity contribution in [3.63, 3.8) is 0 Å². The van der Waals surface area contributed by atoms with Crippen molar-refractivity contribution in [1.29, 1.82) is 0 Å². The van der Waals surface area contributed by atoms with Crippen LogP contribution in [0, 0.1) is 0 Å². The lowest BCUT2D eigenvalue weighted by Gasteiger charge is -2.28. The maximum Gasteiger partial charge on any atom is 0.241 e. The maximum atomic E-state index is 12.5. The smallest absolute Gasteiger partial charge is 0.241 e. The van der Waals surface area contributed by atoms with Crippen molar-refractivity contribution in [3.05, 3.63) is 28.2 Å². The number of thioether (sulfide) groups is 1. The van der Waals surface area contributed by atoms with Crippen molar-refractivity contribution in [2.45, 2.75) is 48.5 Å². The second-order valence-electron chi connectivity index (χ2n) is 5.25. The van der Waals surface area contributed by atoms with Gasteiger partial charge in [0.1, 0.15) is 0 Å². The summed E-state index contributed by atoms with van der Waals surface area (Å²) < 4.78 is 28.2. The van der Waals surface area contributed by atoms with E-state index in [0.717, 1.165) is 25.7 Å². The second kappa shape index (κ2) is 7.46. The zero-order chi connectivity index (χ0) is 15.5. The number of aliphatic hydroxyl groups excluding tert-OH is 1. The van der Waals surface area contributed by atoms with Crippen molar-refractivity contribution < 1.29 is 13.5 Å². The Morgan fingerprint density at radius 2 is 2.00 bits per heavy atom. The van der Waals surface area contributed by atoms with Gasteiger partial charge in [-0.25, -0.2) is 13.1 Å². The van der Waals surface area contributed by atoms with Gasteiger partial charge in [-0.15, -0.1) is 0 Å². The highest BCUT2D eigenvalue weighted by molar-refractivity contribution is 9.10. The number of hydrogen-bond acceptors (Lipinski definition) is 4. The Morgan fingerprint density at radius 3 is 2.52 bits per heavy atom.